The van der Waals surface area contributed by atoms with Crippen molar-refractivity contribution in [1.29, 1.82) is 0 Å². The molecule has 2 aromatic rings. The third-order valence-electron chi connectivity index (χ3n) is 2.79. The number of halogens is 6. The molecule has 0 spiro atoms. The Morgan fingerprint density at radius 3 is 2.43 bits per heavy atom. The Morgan fingerprint density at radius 2 is 1.76 bits per heavy atom. The van der Waals surface area contributed by atoms with Crippen LogP contribution in [0.2, 0.25) is 10.0 Å². The molecule has 0 aliphatic carbocycles. The molecular formula is C14H9Cl2F4N. The zero-order valence-corrected chi connectivity index (χ0v) is 12.0. The number of alkyl halides is 3. The first kappa shape index (κ1) is 15.9. The molecule has 2 rings (SSSR count). The monoisotopic (exact) mass is 337 g/mol. The summed E-state index contributed by atoms with van der Waals surface area (Å²) in [4.78, 5) is 0. The molecule has 1 N–H and O–H groups in total. The third kappa shape index (κ3) is 3.80. The van der Waals surface area contributed by atoms with E-state index in [1.165, 1.54) is 12.1 Å². The van der Waals surface area contributed by atoms with E-state index in [0.717, 1.165) is 18.2 Å². The van der Waals surface area contributed by atoms with Crippen molar-refractivity contribution in [2.45, 2.75) is 12.7 Å². The highest BCUT2D eigenvalue weighted by atomic mass is 35.5. The van der Waals surface area contributed by atoms with Crippen LogP contribution in [0.15, 0.2) is 36.4 Å². The number of hydrogen-bond acceptors (Lipinski definition) is 1. The van der Waals surface area contributed by atoms with Crippen LogP contribution in [0.1, 0.15) is 11.1 Å². The Kier molecular flexibility index (Phi) is 4.64. The molecule has 21 heavy (non-hydrogen) atoms. The molecule has 0 amide bonds. The highest BCUT2D eigenvalue weighted by molar-refractivity contribution is 6.33. The molecule has 2 aromatic carbocycles. The van der Waals surface area contributed by atoms with E-state index < -0.39 is 17.6 Å². The van der Waals surface area contributed by atoms with Crippen molar-refractivity contribution in [2.75, 3.05) is 5.32 Å². The van der Waals surface area contributed by atoms with Crippen LogP contribution in [0.5, 0.6) is 0 Å². The summed E-state index contributed by atoms with van der Waals surface area (Å²) in [7, 11) is 0. The van der Waals surface area contributed by atoms with Gasteiger partial charge in [-0.1, -0.05) is 35.3 Å². The lowest BCUT2D eigenvalue weighted by Crippen LogP contribution is -2.07. The van der Waals surface area contributed by atoms with Gasteiger partial charge in [0.2, 0.25) is 0 Å². The predicted octanol–water partition coefficient (Wildman–Crippen LogP) is 5.76. The molecule has 112 valence electrons. The summed E-state index contributed by atoms with van der Waals surface area (Å²) in [6.07, 6.45) is -4.46. The average molecular weight is 338 g/mol. The van der Waals surface area contributed by atoms with Gasteiger partial charge in [-0.05, 0) is 29.8 Å². The number of rotatable bonds is 3. The minimum Gasteiger partial charge on any atom is -0.380 e. The second-order valence-electron chi connectivity index (χ2n) is 4.26. The zero-order chi connectivity index (χ0) is 15.6. The molecule has 0 bridgehead atoms. The van der Waals surface area contributed by atoms with Gasteiger partial charge in [0.15, 0.2) is 0 Å². The number of hydrogen-bond donors (Lipinski definition) is 1. The van der Waals surface area contributed by atoms with E-state index in [9.17, 15) is 17.6 Å². The summed E-state index contributed by atoms with van der Waals surface area (Å²) in [6, 6.07) is 7.17. The lowest BCUT2D eigenvalue weighted by molar-refractivity contribution is -0.137. The number of nitrogens with one attached hydrogen (secondary N) is 1. The highest BCUT2D eigenvalue weighted by Gasteiger charge is 2.30. The van der Waals surface area contributed by atoms with Gasteiger partial charge in [0.05, 0.1) is 21.3 Å². The average Bonchev–Trinajstić information content (AvgIpc) is 2.40. The van der Waals surface area contributed by atoms with Gasteiger partial charge in [-0.15, -0.1) is 0 Å². The molecule has 7 heteroatoms. The fraction of sp³-hybridized carbons (Fsp3) is 0.143. The van der Waals surface area contributed by atoms with Gasteiger partial charge in [-0.2, -0.15) is 13.2 Å². The van der Waals surface area contributed by atoms with Gasteiger partial charge in [0.25, 0.3) is 0 Å². The van der Waals surface area contributed by atoms with Crippen molar-refractivity contribution >= 4 is 28.9 Å². The van der Waals surface area contributed by atoms with E-state index in [1.54, 1.807) is 6.07 Å². The fourth-order valence-corrected chi connectivity index (χ4v) is 2.09. The summed E-state index contributed by atoms with van der Waals surface area (Å²) >= 11 is 11.6. The van der Waals surface area contributed by atoms with Crippen molar-refractivity contribution in [3.05, 3.63) is 63.4 Å². The standard InChI is InChI=1S/C14H9Cl2F4N/c15-10-5-4-9(14(18,19)20)6-12(10)21-7-8-2-1-3-11(17)13(8)16/h1-6,21H,7H2. The van der Waals surface area contributed by atoms with Crippen LogP contribution in [0.3, 0.4) is 0 Å². The Balaban J connectivity index is 2.22. The largest absolute Gasteiger partial charge is 0.416 e. The van der Waals surface area contributed by atoms with Crippen molar-refractivity contribution in [2.24, 2.45) is 0 Å². The first-order valence-electron chi connectivity index (χ1n) is 5.82. The van der Waals surface area contributed by atoms with Crippen LogP contribution in [-0.2, 0) is 12.7 Å². The first-order chi connectivity index (χ1) is 9.79. The van der Waals surface area contributed by atoms with Crippen LogP contribution in [0.4, 0.5) is 23.2 Å². The lowest BCUT2D eigenvalue weighted by atomic mass is 10.1. The van der Waals surface area contributed by atoms with Crippen LogP contribution < -0.4 is 5.32 Å². The number of benzene rings is 2. The predicted molar refractivity (Wildman–Crippen MR) is 75.2 cm³/mol. The van der Waals surface area contributed by atoms with Crippen molar-refractivity contribution < 1.29 is 17.6 Å². The molecule has 0 aromatic heterocycles. The van der Waals surface area contributed by atoms with E-state index >= 15 is 0 Å². The fourth-order valence-electron chi connectivity index (χ4n) is 1.71. The smallest absolute Gasteiger partial charge is 0.380 e. The normalized spacial score (nSPS) is 11.5. The molecule has 0 radical (unpaired) electrons. The van der Waals surface area contributed by atoms with Crippen molar-refractivity contribution in [1.82, 2.24) is 0 Å². The molecule has 0 aliphatic heterocycles. The second kappa shape index (κ2) is 6.12. The summed E-state index contributed by atoms with van der Waals surface area (Å²) in [6.45, 7) is 0.0532. The summed E-state index contributed by atoms with van der Waals surface area (Å²) in [5.74, 6) is -0.592. The minimum absolute atomic E-state index is 0.0532. The molecule has 0 saturated carbocycles. The first-order valence-corrected chi connectivity index (χ1v) is 6.58. The Labute approximate surface area is 128 Å². The molecule has 0 fully saturated rings. The SMILES string of the molecule is Fc1cccc(CNc2cc(C(F)(F)F)ccc2Cl)c1Cl. The van der Waals surface area contributed by atoms with Crippen LogP contribution in [0, 0.1) is 5.82 Å². The number of anilines is 1. The third-order valence-corrected chi connectivity index (χ3v) is 3.55. The lowest BCUT2D eigenvalue weighted by Gasteiger charge is -2.13. The molecule has 0 saturated heterocycles. The molecule has 0 atom stereocenters. The summed E-state index contributed by atoms with van der Waals surface area (Å²) in [5.41, 5.74) is -0.295. The van der Waals surface area contributed by atoms with Gasteiger partial charge in [-0.3, -0.25) is 0 Å². The topological polar surface area (TPSA) is 12.0 Å². The maximum absolute atomic E-state index is 13.3. The molecule has 0 unspecified atom stereocenters. The maximum atomic E-state index is 13.3. The van der Waals surface area contributed by atoms with Gasteiger partial charge in [0.1, 0.15) is 5.82 Å². The van der Waals surface area contributed by atoms with Crippen LogP contribution >= 0.6 is 23.2 Å². The van der Waals surface area contributed by atoms with Crippen molar-refractivity contribution in [3.63, 3.8) is 0 Å². The highest BCUT2D eigenvalue weighted by Crippen LogP contribution is 2.34. The molecular weight excluding hydrogens is 329 g/mol. The summed E-state index contributed by atoms with van der Waals surface area (Å²) in [5, 5.41) is 2.79. The van der Waals surface area contributed by atoms with Crippen LogP contribution in [-0.4, -0.2) is 0 Å². The Morgan fingerprint density at radius 1 is 1.05 bits per heavy atom. The Bertz CT molecular complexity index is 656. The Hall–Kier alpha value is -1.46. The summed E-state index contributed by atoms with van der Waals surface area (Å²) < 4.78 is 51.2. The van der Waals surface area contributed by atoms with Gasteiger partial charge < -0.3 is 5.32 Å². The second-order valence-corrected chi connectivity index (χ2v) is 5.04. The molecule has 0 heterocycles. The molecule has 0 aliphatic rings. The van der Waals surface area contributed by atoms with E-state index in [0.29, 0.717) is 5.56 Å². The maximum Gasteiger partial charge on any atom is 0.416 e. The minimum atomic E-state index is -4.46. The van der Waals surface area contributed by atoms with Gasteiger partial charge in [-0.25, -0.2) is 4.39 Å². The van der Waals surface area contributed by atoms with Gasteiger partial charge >= 0.3 is 6.18 Å². The van der Waals surface area contributed by atoms with Crippen LogP contribution in [0.25, 0.3) is 0 Å². The quantitative estimate of drug-likeness (QED) is 0.701. The van der Waals surface area contributed by atoms with E-state index in [-0.39, 0.29) is 22.3 Å². The van der Waals surface area contributed by atoms with E-state index in [1.807, 2.05) is 0 Å². The molecule has 1 nitrogen and oxygen atoms in total. The van der Waals surface area contributed by atoms with Gasteiger partial charge in [0, 0.05) is 6.54 Å². The zero-order valence-electron chi connectivity index (χ0n) is 10.4. The van der Waals surface area contributed by atoms with E-state index in [2.05, 4.69) is 5.32 Å². The van der Waals surface area contributed by atoms with Crippen molar-refractivity contribution in [3.8, 4) is 0 Å². The van der Waals surface area contributed by atoms with E-state index in [4.69, 9.17) is 23.2 Å².